The molecule has 2 aromatic rings. The number of nitrogens with zero attached hydrogens (tertiary/aromatic N) is 2. The molecule has 156 valence electrons. The van der Waals surface area contributed by atoms with Crippen LogP contribution in [0.5, 0.6) is 5.75 Å². The normalized spacial score (nSPS) is 13.7. The summed E-state index contributed by atoms with van der Waals surface area (Å²) < 4.78 is 7.65. The number of benzene rings is 1. The maximum atomic E-state index is 11.4. The van der Waals surface area contributed by atoms with Crippen molar-refractivity contribution in [2.24, 2.45) is 12.0 Å². The fourth-order valence-corrected chi connectivity index (χ4v) is 3.45. The van der Waals surface area contributed by atoms with Crippen LogP contribution in [0.1, 0.15) is 24.6 Å². The van der Waals surface area contributed by atoms with Gasteiger partial charge in [0.2, 0.25) is 5.91 Å². The van der Waals surface area contributed by atoms with Crippen LogP contribution in [0.3, 0.4) is 0 Å². The monoisotopic (exact) mass is 437 g/mol. The number of ether oxygens (including phenoxy) is 1. The van der Waals surface area contributed by atoms with E-state index in [4.69, 9.17) is 27.9 Å². The highest BCUT2D eigenvalue weighted by Gasteiger charge is 2.15. The molecule has 0 unspecified atom stereocenters. The molecular weight excluding hydrogens is 413 g/mol. The first-order chi connectivity index (χ1) is 14.0. The summed E-state index contributed by atoms with van der Waals surface area (Å²) in [6, 6.07) is 7.55. The van der Waals surface area contributed by atoms with Gasteiger partial charge in [0.15, 0.2) is 5.96 Å². The van der Waals surface area contributed by atoms with E-state index in [1.807, 2.05) is 42.8 Å². The number of amides is 1. The number of aliphatic imine (C=N–C) groups is 1. The van der Waals surface area contributed by atoms with Gasteiger partial charge in [0, 0.05) is 31.4 Å². The maximum absolute atomic E-state index is 11.4. The predicted octanol–water partition coefficient (Wildman–Crippen LogP) is 3.35. The van der Waals surface area contributed by atoms with Gasteiger partial charge in [-0.25, -0.2) is 4.99 Å². The van der Waals surface area contributed by atoms with Crippen LogP contribution in [0.4, 0.5) is 5.69 Å². The minimum atomic E-state index is 0.0606. The Kier molecular flexibility index (Phi) is 7.28. The largest absolute Gasteiger partial charge is 0.492 e. The number of fused-ring (bicyclic) bond motifs is 1. The average Bonchev–Trinajstić information content (AvgIpc) is 2.96. The molecule has 29 heavy (non-hydrogen) atoms. The van der Waals surface area contributed by atoms with E-state index >= 15 is 0 Å². The molecule has 0 aliphatic carbocycles. The Balaban J connectivity index is 1.50. The van der Waals surface area contributed by atoms with E-state index in [0.29, 0.717) is 42.3 Å². The van der Waals surface area contributed by atoms with Gasteiger partial charge in [-0.3, -0.25) is 4.79 Å². The third-order valence-electron chi connectivity index (χ3n) is 4.59. The summed E-state index contributed by atoms with van der Waals surface area (Å²) in [7, 11) is 1.86. The molecule has 2 heterocycles. The van der Waals surface area contributed by atoms with Crippen LogP contribution in [0, 0.1) is 0 Å². The Morgan fingerprint density at radius 2 is 2.10 bits per heavy atom. The smallest absolute Gasteiger partial charge is 0.224 e. The number of hydrogen-bond donors (Lipinski definition) is 3. The highest BCUT2D eigenvalue weighted by molar-refractivity contribution is 6.41. The van der Waals surface area contributed by atoms with Gasteiger partial charge in [0.05, 0.1) is 18.1 Å². The fraction of sp³-hybridized carbons (Fsp3) is 0.400. The predicted molar refractivity (Wildman–Crippen MR) is 117 cm³/mol. The number of carbonyl (C=O) groups excluding carboxylic acids is 1. The van der Waals surface area contributed by atoms with Crippen molar-refractivity contribution in [2.45, 2.75) is 26.3 Å². The van der Waals surface area contributed by atoms with Crippen molar-refractivity contribution < 1.29 is 9.53 Å². The lowest BCUT2D eigenvalue weighted by molar-refractivity contribution is -0.116. The van der Waals surface area contributed by atoms with Crippen molar-refractivity contribution in [3.63, 3.8) is 0 Å². The minimum Gasteiger partial charge on any atom is -0.492 e. The molecule has 0 bridgehead atoms. The zero-order valence-corrected chi connectivity index (χ0v) is 18.0. The van der Waals surface area contributed by atoms with E-state index in [2.05, 4.69) is 20.9 Å². The maximum Gasteiger partial charge on any atom is 0.224 e. The number of nitrogens with one attached hydrogen (secondary N) is 3. The molecule has 1 aliphatic rings. The van der Waals surface area contributed by atoms with Gasteiger partial charge in [-0.15, -0.1) is 0 Å². The zero-order chi connectivity index (χ0) is 20.8. The number of hydrogen-bond acceptors (Lipinski definition) is 3. The number of guanidine groups is 1. The number of carbonyl (C=O) groups is 1. The summed E-state index contributed by atoms with van der Waals surface area (Å²) in [6.07, 6.45) is 1.25. The van der Waals surface area contributed by atoms with Gasteiger partial charge in [-0.1, -0.05) is 23.2 Å². The van der Waals surface area contributed by atoms with Gasteiger partial charge < -0.3 is 25.3 Å². The fourth-order valence-electron chi connectivity index (χ4n) is 3.03. The Bertz CT molecular complexity index is 911. The van der Waals surface area contributed by atoms with Crippen LogP contribution in [-0.2, 0) is 24.8 Å². The van der Waals surface area contributed by atoms with E-state index < -0.39 is 0 Å². The van der Waals surface area contributed by atoms with Gasteiger partial charge in [0.25, 0.3) is 0 Å². The van der Waals surface area contributed by atoms with Crippen molar-refractivity contribution >= 4 is 40.8 Å². The van der Waals surface area contributed by atoms with Gasteiger partial charge in [0.1, 0.15) is 17.5 Å². The Hall–Kier alpha value is -2.38. The van der Waals surface area contributed by atoms with Crippen molar-refractivity contribution in [1.29, 1.82) is 0 Å². The summed E-state index contributed by atoms with van der Waals surface area (Å²) in [5, 5.41) is 10.4. The lowest BCUT2D eigenvalue weighted by Gasteiger charge is -2.18. The van der Waals surface area contributed by atoms with Crippen LogP contribution in [-0.4, -0.2) is 36.1 Å². The summed E-state index contributed by atoms with van der Waals surface area (Å²) in [4.78, 5) is 16.0. The molecule has 9 heteroatoms. The molecule has 1 aromatic heterocycles. The number of anilines is 1. The first-order valence-corrected chi connectivity index (χ1v) is 10.3. The Labute approximate surface area is 180 Å². The van der Waals surface area contributed by atoms with E-state index in [-0.39, 0.29) is 5.91 Å². The molecule has 7 nitrogen and oxygen atoms in total. The van der Waals surface area contributed by atoms with Crippen molar-refractivity contribution in [3.05, 3.63) is 45.7 Å². The zero-order valence-electron chi connectivity index (χ0n) is 16.5. The Morgan fingerprint density at radius 1 is 1.28 bits per heavy atom. The minimum absolute atomic E-state index is 0.0606. The second kappa shape index (κ2) is 9.89. The SMILES string of the molecule is CCNC(=NCc1cc(Cl)c(Cl)n1C)NCCOc1ccc2c(c1)CCC(=O)N2. The highest BCUT2D eigenvalue weighted by atomic mass is 35.5. The van der Waals surface area contributed by atoms with Crippen LogP contribution in [0.15, 0.2) is 29.3 Å². The molecule has 0 saturated carbocycles. The molecule has 3 N–H and O–H groups in total. The Morgan fingerprint density at radius 3 is 2.83 bits per heavy atom. The topological polar surface area (TPSA) is 79.7 Å². The number of aryl methyl sites for hydroxylation is 1. The summed E-state index contributed by atoms with van der Waals surface area (Å²) in [5.41, 5.74) is 2.90. The second-order valence-electron chi connectivity index (χ2n) is 6.67. The molecule has 0 radical (unpaired) electrons. The first-order valence-electron chi connectivity index (χ1n) is 9.55. The van der Waals surface area contributed by atoms with Crippen molar-refractivity contribution in [2.75, 3.05) is 25.0 Å². The highest BCUT2D eigenvalue weighted by Crippen LogP contribution is 2.27. The number of aromatic nitrogens is 1. The van der Waals surface area contributed by atoms with Crippen LogP contribution < -0.4 is 20.7 Å². The standard InChI is InChI=1S/C20H25Cl2N5O2/c1-3-23-20(25-12-14-11-16(21)19(22)27(14)2)24-8-9-29-15-5-6-17-13(10-15)4-7-18(28)26-17/h5-6,10-11H,3-4,7-9,12H2,1-2H3,(H,26,28)(H2,23,24,25). The van der Waals surface area contributed by atoms with E-state index in [0.717, 1.165) is 35.7 Å². The van der Waals surface area contributed by atoms with Gasteiger partial charge in [-0.05, 0) is 43.2 Å². The molecular formula is C20H25Cl2N5O2. The third kappa shape index (κ3) is 5.58. The molecule has 0 spiro atoms. The average molecular weight is 438 g/mol. The molecule has 0 fully saturated rings. The number of rotatable bonds is 7. The molecule has 1 aliphatic heterocycles. The van der Waals surface area contributed by atoms with E-state index in [1.54, 1.807) is 0 Å². The second-order valence-corrected chi connectivity index (χ2v) is 7.44. The van der Waals surface area contributed by atoms with E-state index in [9.17, 15) is 4.79 Å². The molecule has 1 amide bonds. The molecule has 1 aromatic carbocycles. The molecule has 3 rings (SSSR count). The van der Waals surface area contributed by atoms with Gasteiger partial charge in [-0.2, -0.15) is 0 Å². The van der Waals surface area contributed by atoms with Crippen molar-refractivity contribution in [3.8, 4) is 5.75 Å². The third-order valence-corrected chi connectivity index (χ3v) is 5.44. The summed E-state index contributed by atoms with van der Waals surface area (Å²) in [5.74, 6) is 1.54. The lowest BCUT2D eigenvalue weighted by atomic mass is 10.0. The first kappa shape index (κ1) is 21.3. The van der Waals surface area contributed by atoms with Crippen LogP contribution >= 0.6 is 23.2 Å². The van der Waals surface area contributed by atoms with Gasteiger partial charge >= 0.3 is 0 Å². The van der Waals surface area contributed by atoms with E-state index in [1.165, 1.54) is 0 Å². The molecule has 0 atom stereocenters. The lowest BCUT2D eigenvalue weighted by Crippen LogP contribution is -2.39. The molecule has 0 saturated heterocycles. The van der Waals surface area contributed by atoms with Crippen LogP contribution in [0.25, 0.3) is 0 Å². The quantitative estimate of drug-likeness (QED) is 0.352. The summed E-state index contributed by atoms with van der Waals surface area (Å²) >= 11 is 12.2. The van der Waals surface area contributed by atoms with Crippen molar-refractivity contribution in [1.82, 2.24) is 15.2 Å². The number of halogens is 2. The summed E-state index contributed by atoms with van der Waals surface area (Å²) in [6.45, 7) is 4.29. The van der Waals surface area contributed by atoms with Crippen LogP contribution in [0.2, 0.25) is 10.2 Å².